The van der Waals surface area contributed by atoms with Gasteiger partial charge >= 0.3 is 0 Å². The minimum atomic E-state index is 0.700. The largest absolute Gasteiger partial charge is 0.312 e. The van der Waals surface area contributed by atoms with Crippen molar-refractivity contribution >= 4 is 11.8 Å². The molecule has 2 aliphatic rings. The molecule has 2 nitrogen and oxygen atoms in total. The first kappa shape index (κ1) is 13.7. The van der Waals surface area contributed by atoms with Crippen LogP contribution in [0.15, 0.2) is 0 Å². The minimum Gasteiger partial charge on any atom is -0.312 e. The van der Waals surface area contributed by atoms with E-state index < -0.39 is 0 Å². The van der Waals surface area contributed by atoms with E-state index in [1.165, 1.54) is 45.3 Å². The zero-order valence-corrected chi connectivity index (χ0v) is 12.4. The minimum absolute atomic E-state index is 0.700. The molecule has 1 heterocycles. The van der Waals surface area contributed by atoms with E-state index in [9.17, 15) is 0 Å². The third kappa shape index (κ3) is 3.62. The molecule has 1 aliphatic carbocycles. The molecule has 1 saturated carbocycles. The normalized spacial score (nSPS) is 36.4. The molecule has 3 atom stereocenters. The van der Waals surface area contributed by atoms with Crippen molar-refractivity contribution in [3.05, 3.63) is 0 Å². The SMILES string of the molecule is CSC1CCC(N2CCCNC(C(C)C)C2)C1. The fraction of sp³-hybridized carbons (Fsp3) is 1.00. The van der Waals surface area contributed by atoms with Crippen LogP contribution in [0.2, 0.25) is 0 Å². The summed E-state index contributed by atoms with van der Waals surface area (Å²) >= 11 is 2.07. The van der Waals surface area contributed by atoms with Gasteiger partial charge in [0.05, 0.1) is 0 Å². The van der Waals surface area contributed by atoms with E-state index in [-0.39, 0.29) is 0 Å². The van der Waals surface area contributed by atoms with Gasteiger partial charge in [-0.2, -0.15) is 11.8 Å². The lowest BCUT2D eigenvalue weighted by molar-refractivity contribution is 0.183. The zero-order chi connectivity index (χ0) is 12.3. The molecule has 0 amide bonds. The van der Waals surface area contributed by atoms with Crippen LogP contribution in [0.4, 0.5) is 0 Å². The molecular weight excluding hydrogens is 228 g/mol. The van der Waals surface area contributed by atoms with Crippen LogP contribution >= 0.6 is 11.8 Å². The van der Waals surface area contributed by atoms with Crippen LogP contribution in [0.1, 0.15) is 39.5 Å². The summed E-state index contributed by atoms with van der Waals surface area (Å²) in [5, 5.41) is 4.64. The van der Waals surface area contributed by atoms with Gasteiger partial charge < -0.3 is 5.32 Å². The van der Waals surface area contributed by atoms with Gasteiger partial charge in [-0.05, 0) is 50.9 Å². The Labute approximate surface area is 111 Å². The van der Waals surface area contributed by atoms with E-state index in [4.69, 9.17) is 0 Å². The molecule has 0 aromatic rings. The lowest BCUT2D eigenvalue weighted by Gasteiger charge is -2.31. The van der Waals surface area contributed by atoms with Crippen LogP contribution in [0.3, 0.4) is 0 Å². The predicted molar refractivity (Wildman–Crippen MR) is 77.8 cm³/mol. The van der Waals surface area contributed by atoms with Crippen molar-refractivity contribution in [1.29, 1.82) is 0 Å². The second-order valence-electron chi connectivity index (χ2n) is 5.98. The van der Waals surface area contributed by atoms with E-state index in [1.807, 2.05) is 0 Å². The number of hydrogen-bond acceptors (Lipinski definition) is 3. The maximum Gasteiger partial charge on any atom is 0.0218 e. The summed E-state index contributed by atoms with van der Waals surface area (Å²) in [5.74, 6) is 0.758. The molecule has 2 rings (SSSR count). The van der Waals surface area contributed by atoms with Gasteiger partial charge in [-0.15, -0.1) is 0 Å². The number of nitrogens with zero attached hydrogens (tertiary/aromatic N) is 1. The van der Waals surface area contributed by atoms with Crippen molar-refractivity contribution in [1.82, 2.24) is 10.2 Å². The lowest BCUT2D eigenvalue weighted by Crippen LogP contribution is -2.44. The van der Waals surface area contributed by atoms with Crippen molar-refractivity contribution in [2.75, 3.05) is 25.9 Å². The second-order valence-corrected chi connectivity index (χ2v) is 7.12. The molecule has 2 fully saturated rings. The summed E-state index contributed by atoms with van der Waals surface area (Å²) in [6, 6.07) is 1.57. The van der Waals surface area contributed by atoms with Crippen molar-refractivity contribution in [2.24, 2.45) is 5.92 Å². The van der Waals surface area contributed by atoms with Gasteiger partial charge in [0.25, 0.3) is 0 Å². The monoisotopic (exact) mass is 256 g/mol. The number of nitrogens with one attached hydrogen (secondary N) is 1. The van der Waals surface area contributed by atoms with Crippen molar-refractivity contribution in [2.45, 2.75) is 56.9 Å². The van der Waals surface area contributed by atoms with Crippen LogP contribution in [0.25, 0.3) is 0 Å². The highest BCUT2D eigenvalue weighted by atomic mass is 32.2. The fourth-order valence-electron chi connectivity index (χ4n) is 3.22. The van der Waals surface area contributed by atoms with Gasteiger partial charge in [0.2, 0.25) is 0 Å². The van der Waals surface area contributed by atoms with Crippen molar-refractivity contribution < 1.29 is 0 Å². The molecule has 17 heavy (non-hydrogen) atoms. The Hall–Kier alpha value is 0.270. The third-order valence-electron chi connectivity index (χ3n) is 4.47. The molecule has 1 aliphatic heterocycles. The van der Waals surface area contributed by atoms with E-state index in [2.05, 4.69) is 42.1 Å². The standard InChI is InChI=1S/C14H28N2S/c1-11(2)14-10-16(8-4-7-15-14)12-5-6-13(9-12)17-3/h11-15H,4-10H2,1-3H3. The number of rotatable bonds is 3. The Morgan fingerprint density at radius 2 is 2.12 bits per heavy atom. The smallest absolute Gasteiger partial charge is 0.0218 e. The van der Waals surface area contributed by atoms with Gasteiger partial charge in [0.1, 0.15) is 0 Å². The van der Waals surface area contributed by atoms with Gasteiger partial charge in [-0.1, -0.05) is 13.8 Å². The Balaban J connectivity index is 1.90. The van der Waals surface area contributed by atoms with Crippen LogP contribution in [-0.4, -0.2) is 48.1 Å². The summed E-state index contributed by atoms with van der Waals surface area (Å²) in [6.07, 6.45) is 7.88. The Morgan fingerprint density at radius 3 is 2.76 bits per heavy atom. The predicted octanol–water partition coefficient (Wildman–Crippen LogP) is 2.59. The van der Waals surface area contributed by atoms with E-state index in [0.717, 1.165) is 17.2 Å². The van der Waals surface area contributed by atoms with Gasteiger partial charge in [-0.3, -0.25) is 4.90 Å². The van der Waals surface area contributed by atoms with Crippen molar-refractivity contribution in [3.63, 3.8) is 0 Å². The fourth-order valence-corrected chi connectivity index (χ4v) is 4.01. The first-order chi connectivity index (χ1) is 8.20. The summed E-state index contributed by atoms with van der Waals surface area (Å²) in [6.45, 7) is 8.48. The molecular formula is C14H28N2S. The van der Waals surface area contributed by atoms with E-state index >= 15 is 0 Å². The van der Waals surface area contributed by atoms with Crippen molar-refractivity contribution in [3.8, 4) is 0 Å². The van der Waals surface area contributed by atoms with E-state index in [1.54, 1.807) is 0 Å². The van der Waals surface area contributed by atoms with Gasteiger partial charge in [-0.25, -0.2) is 0 Å². The highest BCUT2D eigenvalue weighted by Crippen LogP contribution is 2.32. The first-order valence-electron chi connectivity index (χ1n) is 7.21. The lowest BCUT2D eigenvalue weighted by atomic mass is 10.0. The molecule has 0 aromatic heterocycles. The second kappa shape index (κ2) is 6.44. The average Bonchev–Trinajstić information content (AvgIpc) is 2.65. The Bertz CT molecular complexity index is 232. The summed E-state index contributed by atoms with van der Waals surface area (Å²) in [7, 11) is 0. The quantitative estimate of drug-likeness (QED) is 0.835. The molecule has 3 heteroatoms. The molecule has 0 bridgehead atoms. The van der Waals surface area contributed by atoms with Crippen LogP contribution < -0.4 is 5.32 Å². The van der Waals surface area contributed by atoms with Crippen LogP contribution in [0.5, 0.6) is 0 Å². The molecule has 0 radical (unpaired) electrons. The summed E-state index contributed by atoms with van der Waals surface area (Å²) < 4.78 is 0. The number of thioether (sulfide) groups is 1. The summed E-state index contributed by atoms with van der Waals surface area (Å²) in [5.41, 5.74) is 0. The molecule has 1 saturated heterocycles. The maximum absolute atomic E-state index is 3.71. The Morgan fingerprint density at radius 1 is 1.29 bits per heavy atom. The Kier molecular flexibility index (Phi) is 5.19. The highest BCUT2D eigenvalue weighted by Gasteiger charge is 2.31. The van der Waals surface area contributed by atoms with E-state index in [0.29, 0.717) is 6.04 Å². The van der Waals surface area contributed by atoms with Gasteiger partial charge in [0, 0.05) is 23.9 Å². The maximum atomic E-state index is 3.71. The zero-order valence-electron chi connectivity index (χ0n) is 11.6. The van der Waals surface area contributed by atoms with Crippen LogP contribution in [-0.2, 0) is 0 Å². The number of hydrogen-bond donors (Lipinski definition) is 1. The van der Waals surface area contributed by atoms with Gasteiger partial charge in [0.15, 0.2) is 0 Å². The highest BCUT2D eigenvalue weighted by molar-refractivity contribution is 7.99. The third-order valence-corrected chi connectivity index (χ3v) is 5.57. The topological polar surface area (TPSA) is 15.3 Å². The summed E-state index contributed by atoms with van der Waals surface area (Å²) in [4.78, 5) is 2.78. The first-order valence-corrected chi connectivity index (χ1v) is 8.49. The molecule has 0 spiro atoms. The molecule has 3 unspecified atom stereocenters. The molecule has 1 N–H and O–H groups in total. The molecule has 0 aromatic carbocycles. The average molecular weight is 256 g/mol. The molecule has 100 valence electrons. The van der Waals surface area contributed by atoms with Crippen LogP contribution in [0, 0.1) is 5.92 Å².